The second-order valence-corrected chi connectivity index (χ2v) is 4.76. The number of hydrogen-bond donors (Lipinski definition) is 0. The molecule has 0 spiro atoms. The Kier molecular flexibility index (Phi) is 6.33. The Morgan fingerprint density at radius 1 is 1.53 bits per heavy atom. The maximum atomic E-state index is 11.7. The van der Waals surface area contributed by atoms with Crippen LogP contribution in [0.1, 0.15) is 29.1 Å². The van der Waals surface area contributed by atoms with Gasteiger partial charge in [0, 0.05) is 20.2 Å². The van der Waals surface area contributed by atoms with E-state index in [9.17, 15) is 4.79 Å². The highest BCUT2D eigenvalue weighted by Gasteiger charge is 2.19. The van der Waals surface area contributed by atoms with E-state index < -0.39 is 0 Å². The quantitative estimate of drug-likeness (QED) is 0.718. The Hall–Kier alpha value is -1.58. The Morgan fingerprint density at radius 2 is 2.26 bits per heavy atom. The molecule has 0 amide bonds. The van der Waals surface area contributed by atoms with Gasteiger partial charge in [-0.3, -0.25) is 0 Å². The van der Waals surface area contributed by atoms with E-state index in [1.807, 2.05) is 11.8 Å². The molecule has 1 aromatic rings. The van der Waals surface area contributed by atoms with Gasteiger partial charge in [-0.05, 0) is 19.9 Å². The van der Waals surface area contributed by atoms with Crippen LogP contribution in [0.4, 0.5) is 5.00 Å². The molecule has 0 saturated heterocycles. The third-order valence-electron chi connectivity index (χ3n) is 2.54. The summed E-state index contributed by atoms with van der Waals surface area (Å²) in [5.41, 5.74) is 0.506. The van der Waals surface area contributed by atoms with Crippen molar-refractivity contribution in [2.45, 2.75) is 13.8 Å². The molecule has 1 aromatic heterocycles. The summed E-state index contributed by atoms with van der Waals surface area (Å²) in [5.74, 6) is -0.377. The molecular weight excluding hydrogens is 264 g/mol. The number of thiophene rings is 1. The van der Waals surface area contributed by atoms with Gasteiger partial charge in [-0.15, -0.1) is 11.3 Å². The number of methoxy groups -OCH3 is 1. The van der Waals surface area contributed by atoms with Gasteiger partial charge >= 0.3 is 5.97 Å². The number of likely N-dealkylation sites (N-methyl/N-ethyl adjacent to an activating group) is 1. The lowest BCUT2D eigenvalue weighted by Crippen LogP contribution is -2.26. The minimum atomic E-state index is -0.377. The normalized spacial score (nSPS) is 10.0. The fourth-order valence-corrected chi connectivity index (χ4v) is 2.70. The van der Waals surface area contributed by atoms with Crippen LogP contribution < -0.4 is 4.90 Å². The summed E-state index contributed by atoms with van der Waals surface area (Å²) in [5, 5.41) is 9.96. The molecule has 0 aromatic carbocycles. The minimum absolute atomic E-state index is 0.328. The van der Waals surface area contributed by atoms with Crippen molar-refractivity contribution >= 4 is 22.3 Å². The molecular formula is C13H18N2O3S. The van der Waals surface area contributed by atoms with Gasteiger partial charge in [0.1, 0.15) is 15.9 Å². The molecule has 0 radical (unpaired) electrons. The molecule has 5 nitrogen and oxygen atoms in total. The lowest BCUT2D eigenvalue weighted by atomic mass is 10.3. The first-order chi connectivity index (χ1) is 9.17. The second kappa shape index (κ2) is 7.77. The van der Waals surface area contributed by atoms with Crippen molar-refractivity contribution in [1.29, 1.82) is 5.26 Å². The number of hydrogen-bond acceptors (Lipinski definition) is 6. The fraction of sp³-hybridized carbons (Fsp3) is 0.538. The third-order valence-corrected chi connectivity index (χ3v) is 3.72. The molecule has 0 bridgehead atoms. The predicted molar refractivity (Wildman–Crippen MR) is 74.8 cm³/mol. The summed E-state index contributed by atoms with van der Waals surface area (Å²) in [6.45, 7) is 6.10. The van der Waals surface area contributed by atoms with Gasteiger partial charge in [0.05, 0.1) is 18.8 Å². The largest absolute Gasteiger partial charge is 0.462 e. The standard InChI is InChI=1S/C13H18N2O3S/c1-4-15(6-7-17-3)12-10(9-14)8-11(19-12)13(16)18-5-2/h8H,4-7H2,1-3H3. The van der Waals surface area contributed by atoms with Crippen molar-refractivity contribution < 1.29 is 14.3 Å². The molecule has 0 aliphatic carbocycles. The van der Waals surface area contributed by atoms with Gasteiger partial charge < -0.3 is 14.4 Å². The zero-order valence-corrected chi connectivity index (χ0v) is 12.2. The first-order valence-corrected chi connectivity index (χ1v) is 6.94. The molecule has 0 aliphatic rings. The van der Waals surface area contributed by atoms with Gasteiger partial charge in [0.25, 0.3) is 0 Å². The number of carbonyl (C=O) groups is 1. The highest BCUT2D eigenvalue weighted by molar-refractivity contribution is 7.18. The van der Waals surface area contributed by atoms with Crippen LogP contribution in [0.2, 0.25) is 0 Å². The Bertz CT molecular complexity index is 465. The Morgan fingerprint density at radius 3 is 2.79 bits per heavy atom. The summed E-state index contributed by atoms with van der Waals surface area (Å²) < 4.78 is 10.0. The van der Waals surface area contributed by atoms with Crippen molar-refractivity contribution in [3.63, 3.8) is 0 Å². The zero-order valence-electron chi connectivity index (χ0n) is 11.4. The Balaban J connectivity index is 2.99. The number of nitrogens with zero attached hydrogens (tertiary/aromatic N) is 2. The van der Waals surface area contributed by atoms with Gasteiger partial charge in [-0.1, -0.05) is 0 Å². The van der Waals surface area contributed by atoms with E-state index in [4.69, 9.17) is 14.7 Å². The van der Waals surface area contributed by atoms with E-state index in [0.29, 0.717) is 30.2 Å². The van der Waals surface area contributed by atoms with Crippen molar-refractivity contribution in [3.05, 3.63) is 16.5 Å². The number of ether oxygens (including phenoxy) is 2. The molecule has 104 valence electrons. The topological polar surface area (TPSA) is 62.6 Å². The van der Waals surface area contributed by atoms with E-state index in [1.165, 1.54) is 11.3 Å². The van der Waals surface area contributed by atoms with E-state index >= 15 is 0 Å². The fourth-order valence-electron chi connectivity index (χ4n) is 1.60. The molecule has 0 unspecified atom stereocenters. The maximum Gasteiger partial charge on any atom is 0.348 e. The average molecular weight is 282 g/mol. The molecule has 6 heteroatoms. The van der Waals surface area contributed by atoms with E-state index in [-0.39, 0.29) is 5.97 Å². The first-order valence-electron chi connectivity index (χ1n) is 6.12. The van der Waals surface area contributed by atoms with Gasteiger partial charge in [-0.25, -0.2) is 4.79 Å². The number of carbonyl (C=O) groups excluding carboxylic acids is 1. The highest BCUT2D eigenvalue weighted by atomic mass is 32.1. The van der Waals surface area contributed by atoms with Gasteiger partial charge in [0.15, 0.2) is 0 Å². The van der Waals surface area contributed by atoms with Crippen molar-refractivity contribution in [2.75, 3.05) is 38.3 Å². The van der Waals surface area contributed by atoms with Crippen LogP contribution in [-0.2, 0) is 9.47 Å². The highest BCUT2D eigenvalue weighted by Crippen LogP contribution is 2.31. The molecule has 0 fully saturated rings. The van der Waals surface area contributed by atoms with E-state index in [2.05, 4.69) is 6.07 Å². The van der Waals surface area contributed by atoms with E-state index in [0.717, 1.165) is 11.5 Å². The second-order valence-electron chi connectivity index (χ2n) is 3.73. The summed E-state index contributed by atoms with van der Waals surface area (Å²) in [6.07, 6.45) is 0. The van der Waals surface area contributed by atoms with Crippen molar-refractivity contribution in [2.24, 2.45) is 0 Å². The van der Waals surface area contributed by atoms with E-state index in [1.54, 1.807) is 20.1 Å². The molecule has 0 saturated carbocycles. The zero-order chi connectivity index (χ0) is 14.3. The monoisotopic (exact) mass is 282 g/mol. The summed E-state index contributed by atoms with van der Waals surface area (Å²) in [4.78, 5) is 14.2. The SMILES string of the molecule is CCOC(=O)c1cc(C#N)c(N(CC)CCOC)s1. The number of esters is 1. The average Bonchev–Trinajstić information content (AvgIpc) is 2.84. The van der Waals surface area contributed by atoms with Gasteiger partial charge in [0.2, 0.25) is 0 Å². The third kappa shape index (κ3) is 3.94. The van der Waals surface area contributed by atoms with Crippen molar-refractivity contribution in [3.8, 4) is 6.07 Å². The summed E-state index contributed by atoms with van der Waals surface area (Å²) in [6, 6.07) is 3.72. The van der Waals surface area contributed by atoms with Crippen LogP contribution in [0.5, 0.6) is 0 Å². The molecule has 0 atom stereocenters. The number of rotatable bonds is 7. The van der Waals surface area contributed by atoms with Crippen LogP contribution >= 0.6 is 11.3 Å². The predicted octanol–water partition coefficient (Wildman–Crippen LogP) is 2.27. The Labute approximate surface area is 117 Å². The summed E-state index contributed by atoms with van der Waals surface area (Å²) in [7, 11) is 1.64. The van der Waals surface area contributed by atoms with Crippen LogP contribution in [0.15, 0.2) is 6.07 Å². The van der Waals surface area contributed by atoms with Gasteiger partial charge in [-0.2, -0.15) is 5.26 Å². The lowest BCUT2D eigenvalue weighted by molar-refractivity contribution is 0.0532. The maximum absolute atomic E-state index is 11.7. The van der Waals surface area contributed by atoms with Crippen molar-refractivity contribution in [1.82, 2.24) is 0 Å². The minimum Gasteiger partial charge on any atom is -0.462 e. The first kappa shape index (κ1) is 15.5. The van der Waals surface area contributed by atoms with Crippen LogP contribution in [0.25, 0.3) is 0 Å². The number of anilines is 1. The smallest absolute Gasteiger partial charge is 0.348 e. The molecule has 0 aliphatic heterocycles. The summed E-state index contributed by atoms with van der Waals surface area (Å²) >= 11 is 1.29. The lowest BCUT2D eigenvalue weighted by Gasteiger charge is -2.20. The molecule has 19 heavy (non-hydrogen) atoms. The van der Waals surface area contributed by atoms with Crippen LogP contribution in [-0.4, -0.2) is 39.4 Å². The molecule has 0 N–H and O–H groups in total. The number of nitriles is 1. The van der Waals surface area contributed by atoms with Crippen LogP contribution in [0.3, 0.4) is 0 Å². The molecule has 1 heterocycles. The molecule has 1 rings (SSSR count). The van der Waals surface area contributed by atoms with Crippen LogP contribution in [0, 0.1) is 11.3 Å².